The molecule has 0 aliphatic heterocycles. The summed E-state index contributed by atoms with van der Waals surface area (Å²) in [6, 6.07) is 19.6. The predicted octanol–water partition coefficient (Wildman–Crippen LogP) is 8.79. The van der Waals surface area contributed by atoms with Gasteiger partial charge in [0.05, 0.1) is 6.61 Å². The quantitative estimate of drug-likeness (QED) is 0.192. The van der Waals surface area contributed by atoms with Crippen LogP contribution < -0.4 is 4.74 Å². The van der Waals surface area contributed by atoms with Gasteiger partial charge in [-0.3, -0.25) is 0 Å². The summed E-state index contributed by atoms with van der Waals surface area (Å²) in [5.74, 6) is -4.04. The molecular weight excluding hydrogens is 452 g/mol. The van der Waals surface area contributed by atoms with Crippen LogP contribution in [-0.4, -0.2) is 6.61 Å². The summed E-state index contributed by atoms with van der Waals surface area (Å²) < 4.78 is 63.2. The van der Waals surface area contributed by atoms with Gasteiger partial charge < -0.3 is 4.74 Å². The highest BCUT2D eigenvalue weighted by atomic mass is 19.2. The molecule has 0 saturated heterocycles. The third-order valence-corrected chi connectivity index (χ3v) is 5.59. The van der Waals surface area contributed by atoms with E-state index in [1.54, 1.807) is 73.7 Å². The molecule has 0 heterocycles. The van der Waals surface area contributed by atoms with Crippen molar-refractivity contribution in [3.05, 3.63) is 119 Å². The van der Waals surface area contributed by atoms with Crippen LogP contribution in [0.2, 0.25) is 0 Å². The highest BCUT2D eigenvalue weighted by Gasteiger charge is 2.16. The maximum atomic E-state index is 14.9. The summed E-state index contributed by atoms with van der Waals surface area (Å²) in [4.78, 5) is 0. The smallest absolute Gasteiger partial charge is 0.201 e. The van der Waals surface area contributed by atoms with Gasteiger partial charge in [-0.2, -0.15) is 4.39 Å². The number of hydrogen-bond donors (Lipinski definition) is 0. The summed E-state index contributed by atoms with van der Waals surface area (Å²) in [6.45, 7) is 5.60. The minimum absolute atomic E-state index is 0.0693. The fraction of sp³-hybridized carbons (Fsp3) is 0.0667. The fourth-order valence-corrected chi connectivity index (χ4v) is 3.70. The van der Waals surface area contributed by atoms with Crippen LogP contribution in [0.15, 0.2) is 79.4 Å². The highest BCUT2D eigenvalue weighted by Crippen LogP contribution is 2.32. The van der Waals surface area contributed by atoms with E-state index in [4.69, 9.17) is 4.74 Å². The van der Waals surface area contributed by atoms with Crippen LogP contribution in [0, 0.1) is 23.3 Å². The number of halogens is 4. The van der Waals surface area contributed by atoms with Gasteiger partial charge in [-0.25, -0.2) is 13.2 Å². The molecule has 0 atom stereocenters. The molecule has 1 nitrogen and oxygen atoms in total. The standard InChI is InChI=1S/C30H22F4O/c1-3-19-5-10-21(11-6-19)24-16-17-25(29(33)28(24)32)22-12-7-20(8-13-22)9-14-23-15-18-26(35-4-2)30(34)27(23)31/h3,5-18H,1,4H2,2H3/b14-9+. The Hall–Kier alpha value is -4.12. The number of benzene rings is 4. The van der Waals surface area contributed by atoms with Crippen molar-refractivity contribution < 1.29 is 22.3 Å². The predicted molar refractivity (Wildman–Crippen MR) is 134 cm³/mol. The molecule has 0 aliphatic rings. The molecule has 0 fully saturated rings. The Morgan fingerprint density at radius 1 is 0.629 bits per heavy atom. The first-order chi connectivity index (χ1) is 16.9. The molecule has 0 saturated carbocycles. The molecular formula is C30H22F4O. The van der Waals surface area contributed by atoms with Crippen LogP contribution in [0.3, 0.4) is 0 Å². The normalized spacial score (nSPS) is 11.1. The van der Waals surface area contributed by atoms with Crippen molar-refractivity contribution in [2.45, 2.75) is 6.92 Å². The number of rotatable bonds is 7. The second-order valence-corrected chi connectivity index (χ2v) is 7.78. The molecule has 0 aliphatic carbocycles. The van der Waals surface area contributed by atoms with E-state index >= 15 is 0 Å². The average Bonchev–Trinajstić information content (AvgIpc) is 2.88. The Balaban J connectivity index is 1.56. The molecule has 4 aromatic carbocycles. The van der Waals surface area contributed by atoms with Crippen molar-refractivity contribution in [1.29, 1.82) is 0 Å². The van der Waals surface area contributed by atoms with E-state index in [0.29, 0.717) is 16.7 Å². The van der Waals surface area contributed by atoms with Gasteiger partial charge in [0.1, 0.15) is 0 Å². The van der Waals surface area contributed by atoms with Gasteiger partial charge in [0, 0.05) is 16.7 Å². The first kappa shape index (κ1) is 24.0. The molecule has 4 rings (SSSR count). The summed E-state index contributed by atoms with van der Waals surface area (Å²) >= 11 is 0. The molecule has 4 aromatic rings. The minimum atomic E-state index is -1.04. The second kappa shape index (κ2) is 10.4. The zero-order chi connectivity index (χ0) is 24.9. The Morgan fingerprint density at radius 3 is 1.69 bits per heavy atom. The van der Waals surface area contributed by atoms with Gasteiger partial charge in [0.2, 0.25) is 5.82 Å². The third-order valence-electron chi connectivity index (χ3n) is 5.59. The summed E-state index contributed by atoms with van der Waals surface area (Å²) in [5, 5.41) is 0. The van der Waals surface area contributed by atoms with Gasteiger partial charge in [0.25, 0.3) is 0 Å². The fourth-order valence-electron chi connectivity index (χ4n) is 3.70. The van der Waals surface area contributed by atoms with Crippen LogP contribution in [0.1, 0.15) is 23.6 Å². The van der Waals surface area contributed by atoms with Crippen molar-refractivity contribution in [3.63, 3.8) is 0 Å². The molecule has 5 heteroatoms. The lowest BCUT2D eigenvalue weighted by atomic mass is 9.97. The molecule has 35 heavy (non-hydrogen) atoms. The number of hydrogen-bond acceptors (Lipinski definition) is 1. The molecule has 0 bridgehead atoms. The average molecular weight is 474 g/mol. The highest BCUT2D eigenvalue weighted by molar-refractivity contribution is 5.75. The van der Waals surface area contributed by atoms with E-state index < -0.39 is 23.3 Å². The first-order valence-electron chi connectivity index (χ1n) is 11.0. The topological polar surface area (TPSA) is 9.23 Å². The van der Waals surface area contributed by atoms with Crippen LogP contribution in [0.25, 0.3) is 40.5 Å². The molecule has 0 aromatic heterocycles. The van der Waals surface area contributed by atoms with Crippen molar-refractivity contribution in [3.8, 4) is 28.0 Å². The van der Waals surface area contributed by atoms with Crippen molar-refractivity contribution >= 4 is 18.2 Å². The number of ether oxygens (including phenoxy) is 1. The van der Waals surface area contributed by atoms with E-state index in [9.17, 15) is 17.6 Å². The monoisotopic (exact) mass is 474 g/mol. The summed E-state index contributed by atoms with van der Waals surface area (Å²) in [6.07, 6.45) is 4.72. The molecule has 0 spiro atoms. The van der Waals surface area contributed by atoms with Crippen molar-refractivity contribution in [2.24, 2.45) is 0 Å². The van der Waals surface area contributed by atoms with Crippen LogP contribution in [0.4, 0.5) is 17.6 Å². The van der Waals surface area contributed by atoms with E-state index in [0.717, 1.165) is 5.56 Å². The lowest BCUT2D eigenvalue weighted by Gasteiger charge is -2.10. The summed E-state index contributed by atoms with van der Waals surface area (Å²) in [5.41, 5.74) is 3.00. The molecule has 0 unspecified atom stereocenters. The lowest BCUT2D eigenvalue weighted by Crippen LogP contribution is -1.98. The molecule has 176 valence electrons. The Labute approximate surface area is 201 Å². The Kier molecular flexibility index (Phi) is 7.16. The summed E-state index contributed by atoms with van der Waals surface area (Å²) in [7, 11) is 0. The maximum Gasteiger partial charge on any atom is 0.201 e. The molecule has 0 amide bonds. The van der Waals surface area contributed by atoms with Crippen LogP contribution in [0.5, 0.6) is 5.75 Å². The first-order valence-corrected chi connectivity index (χ1v) is 11.0. The van der Waals surface area contributed by atoms with Crippen LogP contribution >= 0.6 is 0 Å². The van der Waals surface area contributed by atoms with E-state index in [2.05, 4.69) is 6.58 Å². The second-order valence-electron chi connectivity index (χ2n) is 7.78. The van der Waals surface area contributed by atoms with Gasteiger partial charge >= 0.3 is 0 Å². The molecule has 0 radical (unpaired) electrons. The van der Waals surface area contributed by atoms with Gasteiger partial charge in [-0.05, 0) is 41.3 Å². The minimum Gasteiger partial charge on any atom is -0.491 e. The Bertz CT molecular complexity index is 1390. The van der Waals surface area contributed by atoms with Crippen molar-refractivity contribution in [2.75, 3.05) is 6.61 Å². The maximum absolute atomic E-state index is 14.9. The molecule has 0 N–H and O–H groups in total. The van der Waals surface area contributed by atoms with Crippen molar-refractivity contribution in [1.82, 2.24) is 0 Å². The van der Waals surface area contributed by atoms with Crippen LogP contribution in [-0.2, 0) is 0 Å². The SMILES string of the molecule is C=Cc1ccc(-c2ccc(-c3ccc(/C=C/c4ccc(OCC)c(F)c4F)cc3)c(F)c2F)cc1. The van der Waals surface area contributed by atoms with E-state index in [1.807, 2.05) is 0 Å². The van der Waals surface area contributed by atoms with E-state index in [-0.39, 0.29) is 29.0 Å². The van der Waals surface area contributed by atoms with Gasteiger partial charge in [-0.1, -0.05) is 85.5 Å². The van der Waals surface area contributed by atoms with Gasteiger partial charge in [-0.15, -0.1) is 0 Å². The third kappa shape index (κ3) is 5.04. The Morgan fingerprint density at radius 2 is 1.17 bits per heavy atom. The zero-order valence-corrected chi connectivity index (χ0v) is 19.0. The van der Waals surface area contributed by atoms with E-state index in [1.165, 1.54) is 24.3 Å². The van der Waals surface area contributed by atoms with Gasteiger partial charge in [0.15, 0.2) is 23.2 Å². The zero-order valence-electron chi connectivity index (χ0n) is 19.0. The largest absolute Gasteiger partial charge is 0.491 e. The lowest BCUT2D eigenvalue weighted by molar-refractivity contribution is 0.314.